The molecule has 2 aliphatic rings. The van der Waals surface area contributed by atoms with E-state index in [-0.39, 0.29) is 5.41 Å². The average Bonchev–Trinajstić information content (AvgIpc) is 2.76. The first-order valence-electron chi connectivity index (χ1n) is 7.92. The van der Waals surface area contributed by atoms with Crippen molar-refractivity contribution in [2.75, 3.05) is 12.3 Å². The monoisotopic (exact) mass is 335 g/mol. The highest BCUT2D eigenvalue weighted by Gasteiger charge is 2.45. The van der Waals surface area contributed by atoms with Gasteiger partial charge < -0.3 is 9.64 Å². The summed E-state index contributed by atoms with van der Waals surface area (Å²) in [7, 11) is -4.62. The van der Waals surface area contributed by atoms with E-state index in [1.54, 1.807) is 20.8 Å². The fraction of sp³-hybridized carbons (Fsp3) is 0.933. The lowest BCUT2D eigenvalue weighted by Crippen LogP contribution is -2.54. The van der Waals surface area contributed by atoms with Crippen LogP contribution in [0.2, 0.25) is 0 Å². The van der Waals surface area contributed by atoms with E-state index in [0.717, 1.165) is 32.1 Å². The van der Waals surface area contributed by atoms with Gasteiger partial charge in [-0.1, -0.05) is 12.8 Å². The van der Waals surface area contributed by atoms with Crippen LogP contribution >= 0.6 is 0 Å². The number of likely N-dealkylation sites (tertiary alicyclic amines) is 1. The first-order valence-corrected chi connectivity index (χ1v) is 9.47. The molecule has 0 aromatic heterocycles. The van der Waals surface area contributed by atoms with Gasteiger partial charge in [0, 0.05) is 6.54 Å². The molecule has 1 amide bonds. The fourth-order valence-corrected chi connectivity index (χ4v) is 4.47. The van der Waals surface area contributed by atoms with Gasteiger partial charge in [-0.15, -0.1) is 3.89 Å². The van der Waals surface area contributed by atoms with Crippen molar-refractivity contribution in [1.82, 2.24) is 4.90 Å². The second kappa shape index (κ2) is 5.98. The summed E-state index contributed by atoms with van der Waals surface area (Å²) in [5.41, 5.74) is -0.593. The number of halogens is 1. The van der Waals surface area contributed by atoms with Gasteiger partial charge in [0.1, 0.15) is 11.4 Å². The molecule has 2 fully saturated rings. The molecule has 0 bridgehead atoms. The first kappa shape index (κ1) is 17.5. The maximum atomic E-state index is 13.1. The first-order chi connectivity index (χ1) is 10.00. The number of hydrogen-bond acceptors (Lipinski definition) is 4. The molecule has 0 N–H and O–H groups in total. The molecule has 1 heterocycles. The van der Waals surface area contributed by atoms with Gasteiger partial charge in [-0.05, 0) is 51.9 Å². The Balaban J connectivity index is 2.17. The van der Waals surface area contributed by atoms with E-state index in [4.69, 9.17) is 4.74 Å². The van der Waals surface area contributed by atoms with Gasteiger partial charge in [0.2, 0.25) is 0 Å². The molecule has 0 aromatic rings. The highest BCUT2D eigenvalue weighted by molar-refractivity contribution is 7.86. The predicted molar refractivity (Wildman–Crippen MR) is 81.8 cm³/mol. The van der Waals surface area contributed by atoms with Gasteiger partial charge in [0.05, 0.1) is 6.04 Å². The number of nitrogens with zero attached hydrogens (tertiary/aromatic N) is 1. The molecule has 1 saturated heterocycles. The third kappa shape index (κ3) is 4.57. The Morgan fingerprint density at radius 1 is 1.27 bits per heavy atom. The van der Waals surface area contributed by atoms with Crippen molar-refractivity contribution in [2.45, 2.75) is 70.9 Å². The van der Waals surface area contributed by atoms with Gasteiger partial charge in [-0.3, -0.25) is 0 Å². The zero-order valence-corrected chi connectivity index (χ0v) is 14.4. The average molecular weight is 335 g/mol. The Labute approximate surface area is 132 Å². The molecule has 1 spiro atoms. The molecule has 7 heteroatoms. The van der Waals surface area contributed by atoms with E-state index in [9.17, 15) is 17.1 Å². The summed E-state index contributed by atoms with van der Waals surface area (Å²) in [6.45, 7) is 5.77. The Morgan fingerprint density at radius 3 is 2.36 bits per heavy atom. The smallest absolute Gasteiger partial charge is 0.410 e. The SMILES string of the molecule is CC(C)(C)OC(=O)N1CC2(CCCC2)CCC1CS(=O)(=O)F. The molecule has 1 aliphatic heterocycles. The summed E-state index contributed by atoms with van der Waals surface area (Å²) < 4.78 is 40.5. The summed E-state index contributed by atoms with van der Waals surface area (Å²) in [5.74, 6) is -0.637. The zero-order chi connectivity index (χ0) is 16.6. The Hall–Kier alpha value is -0.850. The van der Waals surface area contributed by atoms with E-state index in [2.05, 4.69) is 0 Å². The van der Waals surface area contributed by atoms with Gasteiger partial charge in [0.15, 0.2) is 0 Å². The highest BCUT2D eigenvalue weighted by atomic mass is 32.3. The van der Waals surface area contributed by atoms with Crippen LogP contribution in [0, 0.1) is 5.41 Å². The number of rotatable bonds is 2. The van der Waals surface area contributed by atoms with E-state index in [0.29, 0.717) is 13.0 Å². The van der Waals surface area contributed by atoms with Gasteiger partial charge in [-0.25, -0.2) is 4.79 Å². The fourth-order valence-electron chi connectivity index (χ4n) is 3.67. The topological polar surface area (TPSA) is 63.7 Å². The van der Waals surface area contributed by atoms with Crippen LogP contribution in [0.4, 0.5) is 8.68 Å². The second-order valence-electron chi connectivity index (χ2n) is 7.71. The number of carbonyl (C=O) groups is 1. The summed E-state index contributed by atoms with van der Waals surface area (Å²) >= 11 is 0. The Kier molecular flexibility index (Phi) is 4.76. The lowest BCUT2D eigenvalue weighted by atomic mass is 9.77. The van der Waals surface area contributed by atoms with Crippen molar-refractivity contribution in [2.24, 2.45) is 5.41 Å². The van der Waals surface area contributed by atoms with Gasteiger partial charge in [-0.2, -0.15) is 8.42 Å². The molecule has 5 nitrogen and oxygen atoms in total. The van der Waals surface area contributed by atoms with Crippen molar-refractivity contribution in [1.29, 1.82) is 0 Å². The van der Waals surface area contributed by atoms with E-state index < -0.39 is 33.7 Å². The number of ether oxygens (including phenoxy) is 1. The maximum absolute atomic E-state index is 13.1. The molecule has 0 radical (unpaired) electrons. The third-order valence-electron chi connectivity index (χ3n) is 4.64. The molecule has 2 rings (SSSR count). The Bertz CT molecular complexity index is 520. The Morgan fingerprint density at radius 2 is 1.86 bits per heavy atom. The standard InChI is InChI=1S/C15H26FNO4S/c1-14(2,3)21-13(18)17-11-15(7-4-5-8-15)9-6-12(17)10-22(16,19)20/h12H,4-11H2,1-3H3. The molecular formula is C15H26FNO4S. The molecule has 1 saturated carbocycles. The number of piperidine rings is 1. The van der Waals surface area contributed by atoms with Crippen molar-refractivity contribution in [3.05, 3.63) is 0 Å². The second-order valence-corrected chi connectivity index (χ2v) is 9.12. The van der Waals surface area contributed by atoms with E-state index >= 15 is 0 Å². The van der Waals surface area contributed by atoms with Crippen LogP contribution in [0.15, 0.2) is 0 Å². The van der Waals surface area contributed by atoms with Crippen LogP contribution in [0.3, 0.4) is 0 Å². The van der Waals surface area contributed by atoms with Crippen molar-refractivity contribution >= 4 is 16.3 Å². The maximum Gasteiger partial charge on any atom is 0.410 e. The highest BCUT2D eigenvalue weighted by Crippen LogP contribution is 2.46. The van der Waals surface area contributed by atoms with Crippen molar-refractivity contribution in [3.63, 3.8) is 0 Å². The molecule has 0 aromatic carbocycles. The number of amides is 1. The lowest BCUT2D eigenvalue weighted by Gasteiger charge is -2.45. The van der Waals surface area contributed by atoms with Crippen LogP contribution in [-0.2, 0) is 15.0 Å². The molecular weight excluding hydrogens is 309 g/mol. The van der Waals surface area contributed by atoms with Gasteiger partial charge in [0.25, 0.3) is 0 Å². The number of carbonyl (C=O) groups excluding carboxylic acids is 1. The van der Waals surface area contributed by atoms with Crippen LogP contribution in [0.25, 0.3) is 0 Å². The van der Waals surface area contributed by atoms with Crippen molar-refractivity contribution < 1.29 is 21.8 Å². The molecule has 1 atom stereocenters. The zero-order valence-electron chi connectivity index (χ0n) is 13.6. The summed E-state index contributed by atoms with van der Waals surface area (Å²) in [6.07, 6.45) is 5.19. The minimum Gasteiger partial charge on any atom is -0.444 e. The van der Waals surface area contributed by atoms with Crippen molar-refractivity contribution in [3.8, 4) is 0 Å². The summed E-state index contributed by atoms with van der Waals surface area (Å²) in [4.78, 5) is 13.9. The lowest BCUT2D eigenvalue weighted by molar-refractivity contribution is -0.00894. The molecule has 128 valence electrons. The molecule has 1 aliphatic carbocycles. The van der Waals surface area contributed by atoms with Crippen LogP contribution in [0.5, 0.6) is 0 Å². The van der Waals surface area contributed by atoms with E-state index in [1.165, 1.54) is 4.90 Å². The minimum atomic E-state index is -4.62. The van der Waals surface area contributed by atoms with Crippen LogP contribution < -0.4 is 0 Å². The van der Waals surface area contributed by atoms with E-state index in [1.807, 2.05) is 0 Å². The summed E-state index contributed by atoms with van der Waals surface area (Å²) in [5, 5.41) is 0. The number of hydrogen-bond donors (Lipinski definition) is 0. The van der Waals surface area contributed by atoms with Crippen LogP contribution in [-0.4, -0.2) is 43.4 Å². The summed E-state index contributed by atoms with van der Waals surface area (Å²) in [6, 6.07) is -0.629. The molecule has 22 heavy (non-hydrogen) atoms. The largest absolute Gasteiger partial charge is 0.444 e. The minimum absolute atomic E-state index is 0.0630. The quantitative estimate of drug-likeness (QED) is 0.727. The normalized spacial score (nSPS) is 25.5. The predicted octanol–water partition coefficient (Wildman–Crippen LogP) is 3.25. The van der Waals surface area contributed by atoms with Gasteiger partial charge >= 0.3 is 16.3 Å². The van der Waals surface area contributed by atoms with Crippen LogP contribution in [0.1, 0.15) is 59.3 Å². The third-order valence-corrected chi connectivity index (χ3v) is 5.42. The molecule has 1 unspecified atom stereocenters.